The summed E-state index contributed by atoms with van der Waals surface area (Å²) in [5.74, 6) is 0.864. The summed E-state index contributed by atoms with van der Waals surface area (Å²) in [5.41, 5.74) is 10.4. The van der Waals surface area contributed by atoms with E-state index in [9.17, 15) is 0 Å². The number of hydrogen-bond acceptors (Lipinski definition) is 2. The molecule has 0 bridgehead atoms. The Labute approximate surface area is 112 Å². The Hall–Kier alpha value is -2.07. The minimum atomic E-state index is -0.0295. The largest absolute Gasteiger partial charge is 0.341 e. The summed E-state index contributed by atoms with van der Waals surface area (Å²) < 4.78 is 2.15. The van der Waals surface area contributed by atoms with Crippen LogP contribution in [-0.2, 0) is 7.05 Å². The van der Waals surface area contributed by atoms with E-state index >= 15 is 0 Å². The number of rotatable bonds is 2. The molecule has 2 aromatic heterocycles. The van der Waals surface area contributed by atoms with Gasteiger partial charge in [-0.3, -0.25) is 0 Å². The van der Waals surface area contributed by atoms with Crippen molar-refractivity contribution in [2.24, 2.45) is 12.8 Å². The van der Waals surface area contributed by atoms with Crippen molar-refractivity contribution in [3.8, 4) is 11.5 Å². The molecule has 0 aliphatic rings. The van der Waals surface area contributed by atoms with Crippen molar-refractivity contribution in [2.45, 2.75) is 19.9 Å². The molecule has 2 heterocycles. The van der Waals surface area contributed by atoms with Crippen LogP contribution in [0.5, 0.6) is 0 Å². The van der Waals surface area contributed by atoms with Crippen LogP contribution in [0.4, 0.5) is 0 Å². The lowest BCUT2D eigenvalue weighted by molar-refractivity contribution is 0.789. The molecule has 3 N–H and O–H groups in total. The minimum absolute atomic E-state index is 0.0295. The Kier molecular flexibility index (Phi) is 2.68. The summed E-state index contributed by atoms with van der Waals surface area (Å²) in [5, 5.41) is 1.23. The first-order valence-electron chi connectivity index (χ1n) is 6.43. The van der Waals surface area contributed by atoms with Crippen molar-refractivity contribution in [1.82, 2.24) is 14.5 Å². The van der Waals surface area contributed by atoms with E-state index in [4.69, 9.17) is 5.73 Å². The van der Waals surface area contributed by atoms with Gasteiger partial charge in [-0.25, -0.2) is 4.98 Å². The Morgan fingerprint density at radius 1 is 1.32 bits per heavy atom. The first kappa shape index (κ1) is 12.0. The first-order valence-corrected chi connectivity index (χ1v) is 6.43. The highest BCUT2D eigenvalue weighted by Gasteiger charge is 2.12. The number of aromatic nitrogens is 3. The van der Waals surface area contributed by atoms with Crippen molar-refractivity contribution < 1.29 is 0 Å². The van der Waals surface area contributed by atoms with Gasteiger partial charge in [-0.2, -0.15) is 0 Å². The van der Waals surface area contributed by atoms with E-state index < -0.39 is 0 Å². The molecule has 0 fully saturated rings. The fourth-order valence-electron chi connectivity index (χ4n) is 2.39. The Morgan fingerprint density at radius 3 is 2.79 bits per heavy atom. The van der Waals surface area contributed by atoms with Crippen molar-refractivity contribution in [3.63, 3.8) is 0 Å². The molecule has 0 aliphatic heterocycles. The lowest BCUT2D eigenvalue weighted by Crippen LogP contribution is -2.05. The molecule has 3 aromatic rings. The van der Waals surface area contributed by atoms with Crippen molar-refractivity contribution in [2.75, 3.05) is 0 Å². The third kappa shape index (κ3) is 1.94. The van der Waals surface area contributed by atoms with Crippen LogP contribution in [0.1, 0.15) is 24.2 Å². The third-order valence-electron chi connectivity index (χ3n) is 3.53. The standard InChI is InChI=1S/C15H18N4/c1-9-4-5-13-11(6-9)7-14(19(13)3)15-17-8-12(18-15)10(2)16/h4-8,10H,16H2,1-3H3,(H,17,18)/t10-/m0/s1. The summed E-state index contributed by atoms with van der Waals surface area (Å²) in [6.45, 7) is 4.05. The van der Waals surface area contributed by atoms with Gasteiger partial charge >= 0.3 is 0 Å². The van der Waals surface area contributed by atoms with E-state index in [1.165, 1.54) is 16.5 Å². The molecule has 4 nitrogen and oxygen atoms in total. The van der Waals surface area contributed by atoms with Crippen molar-refractivity contribution >= 4 is 10.9 Å². The van der Waals surface area contributed by atoms with E-state index in [1.807, 2.05) is 13.1 Å². The SMILES string of the molecule is Cc1ccc2c(c1)cc(-c1ncc([C@H](C)N)[nH]1)n2C. The molecule has 0 aliphatic carbocycles. The van der Waals surface area contributed by atoms with Gasteiger partial charge in [0, 0.05) is 24.0 Å². The number of benzene rings is 1. The van der Waals surface area contributed by atoms with Crippen LogP contribution in [0, 0.1) is 6.92 Å². The lowest BCUT2D eigenvalue weighted by atomic mass is 10.2. The number of hydrogen-bond donors (Lipinski definition) is 2. The zero-order valence-corrected chi connectivity index (χ0v) is 11.4. The van der Waals surface area contributed by atoms with Crippen LogP contribution >= 0.6 is 0 Å². The van der Waals surface area contributed by atoms with Gasteiger partial charge in [0.05, 0.1) is 17.6 Å². The maximum Gasteiger partial charge on any atom is 0.154 e. The Balaban J connectivity index is 2.16. The topological polar surface area (TPSA) is 59.6 Å². The monoisotopic (exact) mass is 254 g/mol. The second kappa shape index (κ2) is 4.24. The molecule has 0 amide bonds. The van der Waals surface area contributed by atoms with Crippen LogP contribution < -0.4 is 5.73 Å². The van der Waals surface area contributed by atoms with Gasteiger partial charge in [-0.15, -0.1) is 0 Å². The molecule has 0 spiro atoms. The number of aryl methyl sites for hydroxylation is 2. The van der Waals surface area contributed by atoms with E-state index in [2.05, 4.69) is 52.8 Å². The highest BCUT2D eigenvalue weighted by atomic mass is 15.0. The summed E-state index contributed by atoms with van der Waals surface area (Å²) in [4.78, 5) is 7.72. The molecule has 3 rings (SSSR count). The molecule has 0 unspecified atom stereocenters. The molecule has 1 aromatic carbocycles. The Morgan fingerprint density at radius 2 is 2.11 bits per heavy atom. The molecule has 98 valence electrons. The van der Waals surface area contributed by atoms with E-state index in [1.54, 1.807) is 0 Å². The minimum Gasteiger partial charge on any atom is -0.341 e. The van der Waals surface area contributed by atoms with Gasteiger partial charge in [-0.05, 0) is 32.0 Å². The van der Waals surface area contributed by atoms with E-state index in [-0.39, 0.29) is 6.04 Å². The predicted molar refractivity (Wildman–Crippen MR) is 77.8 cm³/mol. The number of imidazole rings is 1. The molecule has 0 saturated heterocycles. The maximum atomic E-state index is 5.86. The zero-order chi connectivity index (χ0) is 13.6. The summed E-state index contributed by atoms with van der Waals surface area (Å²) in [7, 11) is 2.06. The fraction of sp³-hybridized carbons (Fsp3) is 0.267. The number of aromatic amines is 1. The lowest BCUT2D eigenvalue weighted by Gasteiger charge is -2.02. The second-order valence-electron chi connectivity index (χ2n) is 5.13. The van der Waals surface area contributed by atoms with E-state index in [0.29, 0.717) is 0 Å². The summed E-state index contributed by atoms with van der Waals surface area (Å²) >= 11 is 0. The van der Waals surface area contributed by atoms with Crippen molar-refractivity contribution in [3.05, 3.63) is 41.7 Å². The van der Waals surface area contributed by atoms with Crippen molar-refractivity contribution in [1.29, 1.82) is 0 Å². The number of H-pyrrole nitrogens is 1. The number of nitrogens with one attached hydrogen (secondary N) is 1. The molecule has 19 heavy (non-hydrogen) atoms. The number of nitrogens with two attached hydrogens (primary N) is 1. The van der Waals surface area contributed by atoms with Crippen LogP contribution in [-0.4, -0.2) is 14.5 Å². The number of nitrogens with zero attached hydrogens (tertiary/aromatic N) is 2. The third-order valence-corrected chi connectivity index (χ3v) is 3.53. The average molecular weight is 254 g/mol. The normalized spacial score (nSPS) is 13.1. The molecule has 1 atom stereocenters. The van der Waals surface area contributed by atoms with Gasteiger partial charge in [0.15, 0.2) is 5.82 Å². The predicted octanol–water partition coefficient (Wildman–Crippen LogP) is 2.90. The van der Waals surface area contributed by atoms with Gasteiger partial charge in [0.2, 0.25) is 0 Å². The van der Waals surface area contributed by atoms with Crippen LogP contribution in [0.25, 0.3) is 22.4 Å². The maximum absolute atomic E-state index is 5.86. The fourth-order valence-corrected chi connectivity index (χ4v) is 2.39. The highest BCUT2D eigenvalue weighted by Crippen LogP contribution is 2.26. The molecule has 4 heteroatoms. The first-order chi connectivity index (χ1) is 9.06. The second-order valence-corrected chi connectivity index (χ2v) is 5.13. The van der Waals surface area contributed by atoms with Gasteiger partial charge < -0.3 is 15.3 Å². The number of fused-ring (bicyclic) bond motifs is 1. The van der Waals surface area contributed by atoms with Crippen LogP contribution in [0.3, 0.4) is 0 Å². The average Bonchev–Trinajstić information content (AvgIpc) is 2.94. The molecule has 0 radical (unpaired) electrons. The smallest absolute Gasteiger partial charge is 0.154 e. The van der Waals surface area contributed by atoms with Gasteiger partial charge in [0.25, 0.3) is 0 Å². The summed E-state index contributed by atoms with van der Waals surface area (Å²) in [6, 6.07) is 8.59. The Bertz CT molecular complexity index is 734. The van der Waals surface area contributed by atoms with E-state index in [0.717, 1.165) is 17.2 Å². The molecular weight excluding hydrogens is 236 g/mol. The molecule has 0 saturated carbocycles. The van der Waals surface area contributed by atoms with Gasteiger partial charge in [-0.1, -0.05) is 11.6 Å². The summed E-state index contributed by atoms with van der Waals surface area (Å²) in [6.07, 6.45) is 1.81. The van der Waals surface area contributed by atoms with Gasteiger partial charge in [0.1, 0.15) is 0 Å². The van der Waals surface area contributed by atoms with Crippen LogP contribution in [0.2, 0.25) is 0 Å². The zero-order valence-electron chi connectivity index (χ0n) is 11.4. The highest BCUT2D eigenvalue weighted by molar-refractivity contribution is 5.86. The quantitative estimate of drug-likeness (QED) is 0.738. The van der Waals surface area contributed by atoms with Crippen LogP contribution in [0.15, 0.2) is 30.5 Å². The molecular formula is C15H18N4.